The second-order valence-corrected chi connectivity index (χ2v) is 7.89. The molecule has 2 heterocycles. The summed E-state index contributed by atoms with van der Waals surface area (Å²) in [6, 6.07) is 8.25. The number of aliphatic hydroxyl groups is 2. The van der Waals surface area contributed by atoms with Crippen molar-refractivity contribution in [1.82, 2.24) is 24.8 Å². The van der Waals surface area contributed by atoms with Crippen molar-refractivity contribution in [3.8, 4) is 0 Å². The van der Waals surface area contributed by atoms with Crippen LogP contribution in [0.5, 0.6) is 0 Å². The number of nitrogens with zero attached hydrogens (tertiary/aromatic N) is 3. The summed E-state index contributed by atoms with van der Waals surface area (Å²) in [6.45, 7) is 2.94. The Labute approximate surface area is 205 Å². The Kier molecular flexibility index (Phi) is 10.8. The highest BCUT2D eigenvalue weighted by atomic mass is 16.5. The molecule has 196 valence electrons. The first-order chi connectivity index (χ1) is 17.2. The highest BCUT2D eigenvalue weighted by molar-refractivity contribution is 5.80. The molecule has 0 radical (unpaired) electrons. The summed E-state index contributed by atoms with van der Waals surface area (Å²) in [5.74, 6) is -1.29. The molecule has 0 fully saturated rings. The van der Waals surface area contributed by atoms with Gasteiger partial charge in [-0.2, -0.15) is 4.98 Å². The van der Waals surface area contributed by atoms with Crippen molar-refractivity contribution < 1.29 is 34.4 Å². The number of carbonyl (C=O) groups is 2. The van der Waals surface area contributed by atoms with Crippen LogP contribution in [0.4, 0.5) is 10.7 Å². The number of H-pyrrole nitrogens is 1. The number of benzene rings is 1. The number of fused-ring (bicyclic) bond motifs is 1. The molecule has 0 spiro atoms. The van der Waals surface area contributed by atoms with Gasteiger partial charge in [0.1, 0.15) is 25.5 Å². The van der Waals surface area contributed by atoms with Crippen LogP contribution >= 0.6 is 0 Å². The lowest BCUT2D eigenvalue weighted by atomic mass is 10.1. The van der Waals surface area contributed by atoms with Crippen molar-refractivity contribution in [3.05, 3.63) is 52.6 Å². The van der Waals surface area contributed by atoms with Gasteiger partial charge in [-0.05, 0) is 11.5 Å². The summed E-state index contributed by atoms with van der Waals surface area (Å²) < 4.78 is 11.6. The summed E-state index contributed by atoms with van der Waals surface area (Å²) >= 11 is 0. The van der Waals surface area contributed by atoms with Crippen LogP contribution in [0.3, 0.4) is 0 Å². The average Bonchev–Trinajstić information content (AvgIpc) is 3.25. The van der Waals surface area contributed by atoms with Crippen molar-refractivity contribution in [1.29, 1.82) is 0 Å². The van der Waals surface area contributed by atoms with Gasteiger partial charge >= 0.3 is 12.1 Å². The smallest absolute Gasteiger partial charge is 0.408 e. The predicted octanol–water partition coefficient (Wildman–Crippen LogP) is 0.0511. The number of amides is 1. The molecule has 1 amide bonds. The van der Waals surface area contributed by atoms with Crippen molar-refractivity contribution in [2.75, 3.05) is 18.9 Å². The van der Waals surface area contributed by atoms with Crippen molar-refractivity contribution in [2.24, 2.45) is 5.92 Å². The van der Waals surface area contributed by atoms with E-state index in [-0.39, 0.29) is 49.6 Å². The van der Waals surface area contributed by atoms with E-state index in [0.717, 1.165) is 5.56 Å². The number of rotatable bonds is 10. The highest BCUT2D eigenvalue weighted by Crippen LogP contribution is 2.07. The van der Waals surface area contributed by atoms with Crippen LogP contribution < -0.4 is 16.6 Å². The van der Waals surface area contributed by atoms with Crippen LogP contribution in [0.15, 0.2) is 41.5 Å². The van der Waals surface area contributed by atoms with E-state index in [2.05, 4.69) is 20.3 Å². The van der Waals surface area contributed by atoms with Gasteiger partial charge in [0.25, 0.3) is 5.56 Å². The first kappa shape index (κ1) is 28.2. The lowest BCUT2D eigenvalue weighted by Crippen LogP contribution is -2.44. The Bertz CT molecular complexity index is 1180. The van der Waals surface area contributed by atoms with E-state index in [4.69, 9.17) is 30.5 Å². The second kappa shape index (κ2) is 13.8. The number of aliphatic carboxylic acids is 1. The number of hydrogen-bond acceptors (Lipinski definition) is 10. The van der Waals surface area contributed by atoms with E-state index in [0.29, 0.717) is 0 Å². The number of nitrogen functional groups attached to an aromatic ring is 1. The van der Waals surface area contributed by atoms with Gasteiger partial charge in [-0.25, -0.2) is 14.6 Å². The van der Waals surface area contributed by atoms with Crippen molar-refractivity contribution in [3.63, 3.8) is 0 Å². The maximum atomic E-state index is 11.5. The Balaban J connectivity index is 0.000000254. The molecule has 0 saturated carbocycles. The molecule has 1 aromatic carbocycles. The number of alkyl carbamates (subject to hydrolysis) is 1. The third-order valence-electron chi connectivity index (χ3n) is 4.77. The predicted molar refractivity (Wildman–Crippen MR) is 128 cm³/mol. The molecule has 0 bridgehead atoms. The number of aromatic amines is 1. The van der Waals surface area contributed by atoms with E-state index in [1.54, 1.807) is 13.8 Å². The average molecular weight is 507 g/mol. The van der Waals surface area contributed by atoms with Crippen LogP contribution in [0.25, 0.3) is 11.2 Å². The molecular weight excluding hydrogens is 476 g/mol. The Morgan fingerprint density at radius 2 is 1.86 bits per heavy atom. The first-order valence-corrected chi connectivity index (χ1v) is 10.9. The molecule has 3 aromatic rings. The molecule has 36 heavy (non-hydrogen) atoms. The van der Waals surface area contributed by atoms with Gasteiger partial charge in [0.15, 0.2) is 11.2 Å². The summed E-state index contributed by atoms with van der Waals surface area (Å²) in [6.07, 6.45) is -0.0419. The molecular formula is C22H30N6O8. The fourth-order valence-corrected chi connectivity index (χ4v) is 2.82. The number of anilines is 1. The van der Waals surface area contributed by atoms with Gasteiger partial charge in [-0.15, -0.1) is 0 Å². The van der Waals surface area contributed by atoms with Crippen LogP contribution in [0, 0.1) is 5.92 Å². The van der Waals surface area contributed by atoms with E-state index >= 15 is 0 Å². The minimum atomic E-state index is -1.07. The SMILES string of the molecule is CC(C)[C@H](NC(=O)OCc1ccccc1)C(=O)O.Nc1nc2c(ncn2COC(CO)CO)c(=O)[nH]1. The van der Waals surface area contributed by atoms with Gasteiger partial charge in [0.05, 0.1) is 19.5 Å². The lowest BCUT2D eigenvalue weighted by molar-refractivity contribution is -0.140. The molecule has 0 unspecified atom stereocenters. The first-order valence-electron chi connectivity index (χ1n) is 10.9. The van der Waals surface area contributed by atoms with E-state index in [1.807, 2.05) is 30.3 Å². The van der Waals surface area contributed by atoms with Gasteiger partial charge in [-0.3, -0.25) is 14.3 Å². The zero-order valence-corrected chi connectivity index (χ0v) is 19.8. The summed E-state index contributed by atoms with van der Waals surface area (Å²) in [7, 11) is 0. The van der Waals surface area contributed by atoms with Crippen LogP contribution in [-0.4, -0.2) is 72.3 Å². The molecule has 14 nitrogen and oxygen atoms in total. The highest BCUT2D eigenvalue weighted by Gasteiger charge is 2.24. The van der Waals surface area contributed by atoms with Crippen LogP contribution in [0.1, 0.15) is 19.4 Å². The number of aromatic nitrogens is 4. The topological polar surface area (TPSA) is 215 Å². The van der Waals surface area contributed by atoms with E-state index < -0.39 is 29.8 Å². The number of aliphatic hydroxyl groups excluding tert-OH is 2. The molecule has 3 rings (SSSR count). The number of ether oxygens (including phenoxy) is 2. The van der Waals surface area contributed by atoms with Gasteiger partial charge < -0.3 is 35.8 Å². The van der Waals surface area contributed by atoms with E-state index in [1.165, 1.54) is 10.9 Å². The molecule has 0 aliphatic carbocycles. The third kappa shape index (κ3) is 8.33. The summed E-state index contributed by atoms with van der Waals surface area (Å²) in [4.78, 5) is 44.0. The fourth-order valence-electron chi connectivity index (χ4n) is 2.82. The quantitative estimate of drug-likeness (QED) is 0.216. The minimum absolute atomic E-state index is 0.00181. The zero-order valence-electron chi connectivity index (χ0n) is 19.8. The normalized spacial score (nSPS) is 11.7. The van der Waals surface area contributed by atoms with Gasteiger partial charge in [-0.1, -0.05) is 44.2 Å². The number of carboxylic acid groups (broad SMARTS) is 1. The minimum Gasteiger partial charge on any atom is -0.480 e. The molecule has 0 aliphatic rings. The Hall–Kier alpha value is -4.01. The maximum Gasteiger partial charge on any atom is 0.408 e. The van der Waals surface area contributed by atoms with Gasteiger partial charge in [0.2, 0.25) is 5.95 Å². The maximum absolute atomic E-state index is 11.5. The van der Waals surface area contributed by atoms with Gasteiger partial charge in [0, 0.05) is 0 Å². The number of carbonyl (C=O) groups excluding carboxylic acids is 1. The molecule has 2 aromatic heterocycles. The Morgan fingerprint density at radius 1 is 1.19 bits per heavy atom. The monoisotopic (exact) mass is 506 g/mol. The number of nitrogens with two attached hydrogens (primary N) is 1. The van der Waals surface area contributed by atoms with Crippen molar-refractivity contribution >= 4 is 29.2 Å². The molecule has 0 aliphatic heterocycles. The standard InChI is InChI=1S/C13H17NO4.C9H13N5O4/c1-9(2)11(12(15)16)14-13(17)18-8-10-6-4-3-5-7-10;10-9-12-7-6(8(17)13-9)11-3-14(7)4-18-5(1-15)2-16/h3-7,9,11H,8H2,1-2H3,(H,14,17)(H,15,16);3,5,15-16H,1-2,4H2,(H3,10,12,13,17)/t11-;/m0./s1. The van der Waals surface area contributed by atoms with Crippen molar-refractivity contribution in [2.45, 2.75) is 39.3 Å². The van der Waals surface area contributed by atoms with Crippen LogP contribution in [0.2, 0.25) is 0 Å². The second-order valence-electron chi connectivity index (χ2n) is 7.89. The number of hydrogen-bond donors (Lipinski definition) is 6. The summed E-state index contributed by atoms with van der Waals surface area (Å²) in [5.41, 5.74) is 6.28. The number of imidazole rings is 1. The molecule has 0 saturated heterocycles. The number of nitrogens with one attached hydrogen (secondary N) is 2. The fraction of sp³-hybridized carbons (Fsp3) is 0.409. The number of carboxylic acids is 1. The van der Waals surface area contributed by atoms with Crippen LogP contribution in [-0.2, 0) is 27.6 Å². The largest absolute Gasteiger partial charge is 0.480 e. The molecule has 7 N–H and O–H groups in total. The molecule has 1 atom stereocenters. The zero-order chi connectivity index (χ0) is 26.7. The lowest BCUT2D eigenvalue weighted by Gasteiger charge is -2.17. The molecule has 14 heteroatoms. The third-order valence-corrected chi connectivity index (χ3v) is 4.77. The summed E-state index contributed by atoms with van der Waals surface area (Å²) in [5, 5.41) is 28.9. The van der Waals surface area contributed by atoms with E-state index in [9.17, 15) is 14.4 Å². The Morgan fingerprint density at radius 3 is 2.44 bits per heavy atom.